The Morgan fingerprint density at radius 2 is 2.27 bits per heavy atom. The summed E-state index contributed by atoms with van der Waals surface area (Å²) >= 11 is 0. The van der Waals surface area contributed by atoms with E-state index in [1.807, 2.05) is 0 Å². The van der Waals surface area contributed by atoms with Crippen LogP contribution in [0.4, 0.5) is 5.82 Å². The third-order valence-electron chi connectivity index (χ3n) is 1.96. The molecule has 0 saturated heterocycles. The molecule has 0 aliphatic rings. The number of hydrogen-bond donors (Lipinski definition) is 2. The molecule has 15 heavy (non-hydrogen) atoms. The highest BCUT2D eigenvalue weighted by atomic mass is 16.1. The van der Waals surface area contributed by atoms with E-state index in [4.69, 9.17) is 0 Å². The monoisotopic (exact) mass is 207 g/mol. The summed E-state index contributed by atoms with van der Waals surface area (Å²) < 4.78 is 0. The number of anilines is 1. The number of aromatic nitrogens is 1. The van der Waals surface area contributed by atoms with Crippen molar-refractivity contribution in [2.75, 3.05) is 18.9 Å². The first-order valence-electron chi connectivity index (χ1n) is 5.06. The van der Waals surface area contributed by atoms with Crippen LogP contribution < -0.4 is 10.6 Å². The summed E-state index contributed by atoms with van der Waals surface area (Å²) in [5, 5.41) is 5.75. The molecular formula is C11H17N3O. The predicted molar refractivity (Wildman–Crippen MR) is 61.0 cm³/mol. The van der Waals surface area contributed by atoms with Crippen molar-refractivity contribution in [1.82, 2.24) is 10.3 Å². The van der Waals surface area contributed by atoms with E-state index in [9.17, 15) is 4.79 Å². The van der Waals surface area contributed by atoms with Gasteiger partial charge in [-0.05, 0) is 18.1 Å². The van der Waals surface area contributed by atoms with Gasteiger partial charge in [-0.1, -0.05) is 13.8 Å². The fraction of sp³-hybridized carbons (Fsp3) is 0.455. The Kier molecular flexibility index (Phi) is 4.09. The first kappa shape index (κ1) is 11.5. The highest BCUT2D eigenvalue weighted by molar-refractivity contribution is 5.98. The second-order valence-corrected chi connectivity index (χ2v) is 3.75. The fourth-order valence-electron chi connectivity index (χ4n) is 1.18. The molecule has 0 saturated carbocycles. The molecule has 1 aromatic heterocycles. The van der Waals surface area contributed by atoms with Crippen LogP contribution in [0.2, 0.25) is 0 Å². The van der Waals surface area contributed by atoms with Crippen LogP contribution in [0.1, 0.15) is 24.2 Å². The highest BCUT2D eigenvalue weighted by Crippen LogP contribution is 2.09. The SMILES string of the molecule is CNc1ncccc1C(=O)NCC(C)C. The topological polar surface area (TPSA) is 54.0 Å². The zero-order valence-electron chi connectivity index (χ0n) is 9.37. The number of hydrogen-bond acceptors (Lipinski definition) is 3. The molecule has 82 valence electrons. The molecule has 0 spiro atoms. The van der Waals surface area contributed by atoms with Crippen molar-refractivity contribution in [3.05, 3.63) is 23.9 Å². The number of nitrogens with one attached hydrogen (secondary N) is 2. The maximum absolute atomic E-state index is 11.7. The quantitative estimate of drug-likeness (QED) is 0.786. The van der Waals surface area contributed by atoms with Gasteiger partial charge in [0.05, 0.1) is 5.56 Å². The van der Waals surface area contributed by atoms with Crippen LogP contribution in [0, 0.1) is 5.92 Å². The molecule has 0 unspecified atom stereocenters. The van der Waals surface area contributed by atoms with Crippen molar-refractivity contribution < 1.29 is 4.79 Å². The maximum Gasteiger partial charge on any atom is 0.255 e. The molecular weight excluding hydrogens is 190 g/mol. The molecule has 0 aromatic carbocycles. The number of carbonyl (C=O) groups excluding carboxylic acids is 1. The van der Waals surface area contributed by atoms with Gasteiger partial charge in [-0.2, -0.15) is 0 Å². The van der Waals surface area contributed by atoms with E-state index in [-0.39, 0.29) is 5.91 Å². The lowest BCUT2D eigenvalue weighted by atomic mass is 10.2. The van der Waals surface area contributed by atoms with Crippen LogP contribution in [-0.2, 0) is 0 Å². The maximum atomic E-state index is 11.7. The minimum atomic E-state index is -0.0823. The summed E-state index contributed by atoms with van der Waals surface area (Å²) in [6.07, 6.45) is 1.66. The zero-order valence-corrected chi connectivity index (χ0v) is 9.37. The van der Waals surface area contributed by atoms with Crippen molar-refractivity contribution in [2.24, 2.45) is 5.92 Å². The molecule has 1 aromatic rings. The number of amides is 1. The molecule has 0 aliphatic heterocycles. The van der Waals surface area contributed by atoms with Crippen molar-refractivity contribution in [1.29, 1.82) is 0 Å². The Bertz CT molecular complexity index is 336. The van der Waals surface area contributed by atoms with Crippen molar-refractivity contribution in [2.45, 2.75) is 13.8 Å². The van der Waals surface area contributed by atoms with Gasteiger partial charge in [0.15, 0.2) is 0 Å². The van der Waals surface area contributed by atoms with Gasteiger partial charge >= 0.3 is 0 Å². The first-order valence-corrected chi connectivity index (χ1v) is 5.06. The number of rotatable bonds is 4. The second-order valence-electron chi connectivity index (χ2n) is 3.75. The van der Waals surface area contributed by atoms with Crippen LogP contribution in [-0.4, -0.2) is 24.5 Å². The summed E-state index contributed by atoms with van der Waals surface area (Å²) in [4.78, 5) is 15.8. The molecule has 0 fully saturated rings. The van der Waals surface area contributed by atoms with E-state index in [0.717, 1.165) is 0 Å². The minimum absolute atomic E-state index is 0.0823. The summed E-state index contributed by atoms with van der Waals surface area (Å²) in [7, 11) is 1.75. The van der Waals surface area contributed by atoms with Crippen molar-refractivity contribution in [3.63, 3.8) is 0 Å². The number of pyridine rings is 1. The van der Waals surface area contributed by atoms with E-state index >= 15 is 0 Å². The molecule has 0 bridgehead atoms. The summed E-state index contributed by atoms with van der Waals surface area (Å²) in [5.41, 5.74) is 0.584. The number of carbonyl (C=O) groups is 1. The van der Waals surface area contributed by atoms with Crippen LogP contribution in [0.3, 0.4) is 0 Å². The average molecular weight is 207 g/mol. The highest BCUT2D eigenvalue weighted by Gasteiger charge is 2.10. The largest absolute Gasteiger partial charge is 0.372 e. The molecule has 0 aliphatic carbocycles. The Balaban J connectivity index is 2.72. The third-order valence-corrected chi connectivity index (χ3v) is 1.96. The second kappa shape index (κ2) is 5.34. The summed E-state index contributed by atoms with van der Waals surface area (Å²) in [5.74, 6) is 0.976. The van der Waals surface area contributed by atoms with Gasteiger partial charge in [0, 0.05) is 19.8 Å². The Hall–Kier alpha value is -1.58. The number of nitrogens with zero attached hydrogens (tertiary/aromatic N) is 1. The van der Waals surface area contributed by atoms with Gasteiger partial charge in [-0.3, -0.25) is 4.79 Å². The van der Waals surface area contributed by atoms with E-state index < -0.39 is 0 Å². The van der Waals surface area contributed by atoms with Crippen LogP contribution in [0.25, 0.3) is 0 Å². The van der Waals surface area contributed by atoms with Crippen LogP contribution in [0.15, 0.2) is 18.3 Å². The van der Waals surface area contributed by atoms with E-state index in [0.29, 0.717) is 23.8 Å². The molecule has 0 atom stereocenters. The third kappa shape index (κ3) is 3.23. The van der Waals surface area contributed by atoms with Gasteiger partial charge in [0.1, 0.15) is 5.82 Å². The molecule has 1 amide bonds. The summed E-state index contributed by atoms with van der Waals surface area (Å²) in [6.45, 7) is 4.79. The zero-order chi connectivity index (χ0) is 11.3. The molecule has 4 nitrogen and oxygen atoms in total. The van der Waals surface area contributed by atoms with Gasteiger partial charge in [-0.15, -0.1) is 0 Å². The molecule has 0 radical (unpaired) electrons. The lowest BCUT2D eigenvalue weighted by molar-refractivity contribution is 0.0949. The van der Waals surface area contributed by atoms with Gasteiger partial charge in [0.25, 0.3) is 5.91 Å². The molecule has 4 heteroatoms. The van der Waals surface area contributed by atoms with Gasteiger partial charge in [-0.25, -0.2) is 4.98 Å². The standard InChI is InChI=1S/C11H17N3O/c1-8(2)7-14-11(15)9-5-4-6-13-10(9)12-3/h4-6,8H,7H2,1-3H3,(H,12,13)(H,14,15). The lowest BCUT2D eigenvalue weighted by Crippen LogP contribution is -2.28. The molecule has 2 N–H and O–H groups in total. The predicted octanol–water partition coefficient (Wildman–Crippen LogP) is 1.51. The van der Waals surface area contributed by atoms with E-state index in [1.165, 1.54) is 0 Å². The van der Waals surface area contributed by atoms with Crippen LogP contribution in [0.5, 0.6) is 0 Å². The Morgan fingerprint density at radius 3 is 2.87 bits per heavy atom. The minimum Gasteiger partial charge on any atom is -0.372 e. The summed E-state index contributed by atoms with van der Waals surface area (Å²) in [6, 6.07) is 3.51. The van der Waals surface area contributed by atoms with E-state index in [1.54, 1.807) is 25.4 Å². The van der Waals surface area contributed by atoms with Gasteiger partial charge in [0.2, 0.25) is 0 Å². The average Bonchev–Trinajstić information content (AvgIpc) is 2.25. The first-order chi connectivity index (χ1) is 7.15. The normalized spacial score (nSPS) is 10.1. The lowest BCUT2D eigenvalue weighted by Gasteiger charge is -2.09. The Morgan fingerprint density at radius 1 is 1.53 bits per heavy atom. The van der Waals surface area contributed by atoms with E-state index in [2.05, 4.69) is 29.5 Å². The Labute approximate surface area is 90.1 Å². The van der Waals surface area contributed by atoms with Crippen LogP contribution >= 0.6 is 0 Å². The molecule has 1 rings (SSSR count). The van der Waals surface area contributed by atoms with Gasteiger partial charge < -0.3 is 10.6 Å². The fourth-order valence-corrected chi connectivity index (χ4v) is 1.18. The van der Waals surface area contributed by atoms with Crippen molar-refractivity contribution >= 4 is 11.7 Å². The smallest absolute Gasteiger partial charge is 0.255 e. The molecule has 1 heterocycles. The van der Waals surface area contributed by atoms with Crippen molar-refractivity contribution in [3.8, 4) is 0 Å².